The fourth-order valence-corrected chi connectivity index (χ4v) is 3.81. The summed E-state index contributed by atoms with van der Waals surface area (Å²) >= 11 is 0. The van der Waals surface area contributed by atoms with Gasteiger partial charge in [0.05, 0.1) is 18.2 Å². The Morgan fingerprint density at radius 2 is 2.11 bits per heavy atom. The highest BCUT2D eigenvalue weighted by molar-refractivity contribution is 5.94. The Hall–Kier alpha value is -2.70. The van der Waals surface area contributed by atoms with Crippen LogP contribution in [0.1, 0.15) is 27.6 Å². The van der Waals surface area contributed by atoms with Gasteiger partial charge >= 0.3 is 0 Å². The van der Waals surface area contributed by atoms with Gasteiger partial charge in [-0.3, -0.25) is 9.80 Å². The van der Waals surface area contributed by atoms with Gasteiger partial charge in [-0.2, -0.15) is 5.10 Å². The molecule has 2 atom stereocenters. The minimum atomic E-state index is -0.784. The number of anilines is 1. The molecule has 0 amide bonds. The van der Waals surface area contributed by atoms with E-state index in [2.05, 4.69) is 15.2 Å². The topological polar surface area (TPSA) is 54.0 Å². The third-order valence-corrected chi connectivity index (χ3v) is 5.59. The van der Waals surface area contributed by atoms with Gasteiger partial charge in [0.25, 0.3) is 0 Å². The largest absolute Gasteiger partial charge is 0.490 e. The summed E-state index contributed by atoms with van der Waals surface area (Å²) in [6.45, 7) is 3.17. The van der Waals surface area contributed by atoms with E-state index in [1.54, 1.807) is 6.20 Å². The van der Waals surface area contributed by atoms with Gasteiger partial charge in [0, 0.05) is 31.0 Å². The Balaban J connectivity index is 0.00000120. The van der Waals surface area contributed by atoms with Crippen molar-refractivity contribution in [2.45, 2.75) is 38.5 Å². The van der Waals surface area contributed by atoms with Gasteiger partial charge in [-0.25, -0.2) is 9.37 Å². The van der Waals surface area contributed by atoms with E-state index in [1.165, 1.54) is 0 Å². The Morgan fingerprint density at radius 1 is 1.25 bits per heavy atom. The minimum Gasteiger partial charge on any atom is -0.490 e. The van der Waals surface area contributed by atoms with E-state index in [4.69, 9.17) is 4.74 Å². The number of nitrogens with zero attached hydrogens (tertiary/aromatic N) is 3. The Morgan fingerprint density at radius 3 is 2.86 bits per heavy atom. The summed E-state index contributed by atoms with van der Waals surface area (Å²) in [5, 5.41) is 8.64. The Kier molecular flexibility index (Phi) is 4.91. The third kappa shape index (κ3) is 3.41. The van der Waals surface area contributed by atoms with Gasteiger partial charge in [-0.15, -0.1) is 0 Å². The maximum absolute atomic E-state index is 14.2. The summed E-state index contributed by atoms with van der Waals surface area (Å²) in [5.41, 5.74) is 2.82. The number of rotatable bonds is 5. The van der Waals surface area contributed by atoms with Gasteiger partial charge in [0.2, 0.25) is 0 Å². The van der Waals surface area contributed by atoms with E-state index in [1.807, 2.05) is 42.2 Å². The smallest absolute Gasteiger partial charge is 0.129 e. The van der Waals surface area contributed by atoms with Crippen LogP contribution >= 0.6 is 0 Å². The highest BCUT2D eigenvalue weighted by Crippen LogP contribution is 2.34. The Bertz CT molecular complexity index is 978. The molecule has 0 radical (unpaired) electrons. The molecule has 2 aliphatic rings. The van der Waals surface area contributed by atoms with Crippen molar-refractivity contribution in [2.75, 3.05) is 18.0 Å². The molecule has 28 heavy (non-hydrogen) atoms. The molecule has 7 heteroatoms. The maximum Gasteiger partial charge on any atom is 0.129 e. The number of hydrogen-bond donors (Lipinski definition) is 1. The number of pyridine rings is 1. The lowest BCUT2D eigenvalue weighted by Gasteiger charge is -2.17. The first-order valence-electron chi connectivity index (χ1n) is 9.71. The molecule has 3 aromatic rings. The second-order valence-corrected chi connectivity index (χ2v) is 7.59. The second kappa shape index (κ2) is 7.37. The first kappa shape index (κ1) is 18.7. The Labute approximate surface area is 163 Å². The van der Waals surface area contributed by atoms with Crippen LogP contribution in [-0.2, 0) is 0 Å². The van der Waals surface area contributed by atoms with E-state index < -0.39 is 6.17 Å². The van der Waals surface area contributed by atoms with Crippen LogP contribution < -0.4 is 9.64 Å². The highest BCUT2D eigenvalue weighted by atomic mass is 19.1. The molecule has 5 rings (SSSR count). The van der Waals surface area contributed by atoms with Crippen molar-refractivity contribution < 1.29 is 15.3 Å². The van der Waals surface area contributed by atoms with Crippen LogP contribution in [0.5, 0.6) is 5.75 Å². The van der Waals surface area contributed by atoms with Crippen molar-refractivity contribution in [3.63, 3.8) is 0 Å². The SMILES string of the molecule is CC[C@H]1CN(c2cc(-c3n[nH]c4ccc(OC5CC5)cc34)ccn2)C[C@@H]1F.F.[HH]. The number of aromatic nitrogens is 3. The van der Waals surface area contributed by atoms with Crippen molar-refractivity contribution in [1.29, 1.82) is 0 Å². The predicted molar refractivity (Wildman–Crippen MR) is 108 cm³/mol. The van der Waals surface area contributed by atoms with Crippen LogP contribution in [0.4, 0.5) is 14.9 Å². The van der Waals surface area contributed by atoms with Gasteiger partial charge in [0.1, 0.15) is 23.4 Å². The molecule has 5 nitrogen and oxygen atoms in total. The molecule has 1 N–H and O–H groups in total. The molecule has 2 fully saturated rings. The fraction of sp³-hybridized carbons (Fsp3) is 0.429. The summed E-state index contributed by atoms with van der Waals surface area (Å²) in [4.78, 5) is 6.52. The van der Waals surface area contributed by atoms with Gasteiger partial charge in [0.15, 0.2) is 0 Å². The molecule has 1 saturated carbocycles. The molecule has 0 unspecified atom stereocenters. The van der Waals surface area contributed by atoms with Crippen LogP contribution in [-0.4, -0.2) is 40.5 Å². The monoisotopic (exact) mass is 388 g/mol. The first-order chi connectivity index (χ1) is 13.2. The van der Waals surface area contributed by atoms with E-state index in [9.17, 15) is 4.39 Å². The first-order valence-corrected chi connectivity index (χ1v) is 9.71. The zero-order chi connectivity index (χ0) is 18.4. The van der Waals surface area contributed by atoms with Crippen molar-refractivity contribution in [3.8, 4) is 17.0 Å². The third-order valence-electron chi connectivity index (χ3n) is 5.59. The standard InChI is InChI=1S/C21H23FN4O.FH.H2/c1-2-13-11-26(12-18(13)22)20-9-14(7-8-23-20)21-17-10-16(27-15-3-4-15)5-6-19(17)24-25-21;;/h5-10,13,15,18H,2-4,11-12H2,1H3,(H,24,25);2*1H/t13-,18-;;/m0../s1. The zero-order valence-corrected chi connectivity index (χ0v) is 15.8. The lowest BCUT2D eigenvalue weighted by molar-refractivity contribution is 0.279. The van der Waals surface area contributed by atoms with Crippen molar-refractivity contribution in [1.82, 2.24) is 15.2 Å². The molecule has 1 saturated heterocycles. The summed E-state index contributed by atoms with van der Waals surface area (Å²) in [7, 11) is 0. The maximum atomic E-state index is 14.2. The van der Waals surface area contributed by atoms with Crippen LogP contribution in [0.3, 0.4) is 0 Å². The molecule has 0 bridgehead atoms. The van der Waals surface area contributed by atoms with Crippen molar-refractivity contribution in [3.05, 3.63) is 36.5 Å². The number of fused-ring (bicyclic) bond motifs is 1. The molecule has 1 aliphatic carbocycles. The molecule has 150 valence electrons. The van der Waals surface area contributed by atoms with E-state index in [0.29, 0.717) is 12.6 Å². The predicted octanol–water partition coefficient (Wildman–Crippen LogP) is 4.75. The quantitative estimate of drug-likeness (QED) is 0.685. The average molecular weight is 388 g/mol. The molecular weight excluding hydrogens is 362 g/mol. The number of halogens is 2. The van der Waals surface area contributed by atoms with E-state index in [-0.39, 0.29) is 12.0 Å². The van der Waals surface area contributed by atoms with Crippen molar-refractivity contribution >= 4 is 16.7 Å². The summed E-state index contributed by atoms with van der Waals surface area (Å²) < 4.78 is 20.1. The lowest BCUT2D eigenvalue weighted by atomic mass is 10.1. The number of ether oxygens (including phenoxy) is 1. The zero-order valence-electron chi connectivity index (χ0n) is 15.8. The lowest BCUT2D eigenvalue weighted by Crippen LogP contribution is -2.21. The van der Waals surface area contributed by atoms with Crippen LogP contribution in [0, 0.1) is 5.92 Å². The fourth-order valence-electron chi connectivity index (χ4n) is 3.81. The van der Waals surface area contributed by atoms with Gasteiger partial charge in [-0.05, 0) is 49.6 Å². The number of alkyl halides is 1. The average Bonchev–Trinajstić information content (AvgIpc) is 3.27. The number of aromatic amines is 1. The van der Waals surface area contributed by atoms with Crippen molar-refractivity contribution in [2.24, 2.45) is 5.92 Å². The summed E-state index contributed by atoms with van der Waals surface area (Å²) in [6.07, 6.45) is 4.48. The molecular formula is C21H26F2N4O. The van der Waals surface area contributed by atoms with Crippen LogP contribution in [0.25, 0.3) is 22.2 Å². The normalized spacial score (nSPS) is 21.7. The number of benzene rings is 1. The molecule has 1 aliphatic heterocycles. The second-order valence-electron chi connectivity index (χ2n) is 7.59. The number of nitrogens with one attached hydrogen (secondary N) is 1. The van der Waals surface area contributed by atoms with Gasteiger partial charge in [-0.1, -0.05) is 6.92 Å². The number of H-pyrrole nitrogens is 1. The van der Waals surface area contributed by atoms with Crippen LogP contribution in [0.15, 0.2) is 36.5 Å². The molecule has 0 spiro atoms. The summed E-state index contributed by atoms with van der Waals surface area (Å²) in [6, 6.07) is 10.00. The summed E-state index contributed by atoms with van der Waals surface area (Å²) in [5.74, 6) is 1.78. The molecule has 2 aromatic heterocycles. The minimum absolute atomic E-state index is 0. The van der Waals surface area contributed by atoms with E-state index in [0.717, 1.165) is 59.5 Å². The highest BCUT2D eigenvalue weighted by Gasteiger charge is 2.32. The number of hydrogen-bond acceptors (Lipinski definition) is 4. The van der Waals surface area contributed by atoms with Crippen LogP contribution in [0.2, 0.25) is 0 Å². The van der Waals surface area contributed by atoms with Gasteiger partial charge < -0.3 is 9.64 Å². The van der Waals surface area contributed by atoms with E-state index >= 15 is 0 Å². The molecule has 3 heterocycles. The molecule has 1 aromatic carbocycles.